The van der Waals surface area contributed by atoms with E-state index in [9.17, 15) is 0 Å². The maximum Gasteiger partial charge on any atom is 0.139 e. The molecule has 2 rings (SSSR count). The molecule has 3 heteroatoms. The Morgan fingerprint density at radius 2 is 1.87 bits per heavy atom. The molecule has 1 aromatic heterocycles. The van der Waals surface area contributed by atoms with Crippen molar-refractivity contribution in [2.24, 2.45) is 0 Å². The minimum atomic E-state index is 0.813. The Morgan fingerprint density at radius 3 is 2.60 bits per heavy atom. The third kappa shape index (κ3) is 2.92. The van der Waals surface area contributed by atoms with E-state index < -0.39 is 0 Å². The SMILES string of the molecule is Ic1cccnc1NCc1ccccc1. The third-order valence-electron chi connectivity index (χ3n) is 2.06. The zero-order valence-corrected chi connectivity index (χ0v) is 10.3. The quantitative estimate of drug-likeness (QED) is 0.880. The molecule has 0 radical (unpaired) electrons. The van der Waals surface area contributed by atoms with Crippen LogP contribution < -0.4 is 5.32 Å². The van der Waals surface area contributed by atoms with Crippen LogP contribution in [0.2, 0.25) is 0 Å². The Labute approximate surface area is 103 Å². The first-order valence-corrected chi connectivity index (χ1v) is 5.82. The maximum absolute atomic E-state index is 4.27. The fourth-order valence-corrected chi connectivity index (χ4v) is 1.83. The second-order valence-corrected chi connectivity index (χ2v) is 4.34. The minimum absolute atomic E-state index is 0.813. The molecule has 0 aliphatic heterocycles. The topological polar surface area (TPSA) is 24.9 Å². The fourth-order valence-electron chi connectivity index (χ4n) is 1.30. The summed E-state index contributed by atoms with van der Waals surface area (Å²) in [6.45, 7) is 0.813. The van der Waals surface area contributed by atoms with Gasteiger partial charge in [0.1, 0.15) is 5.82 Å². The van der Waals surface area contributed by atoms with Crippen LogP contribution in [-0.4, -0.2) is 4.98 Å². The van der Waals surface area contributed by atoms with Crippen molar-refractivity contribution in [3.63, 3.8) is 0 Å². The van der Waals surface area contributed by atoms with E-state index in [0.717, 1.165) is 15.9 Å². The van der Waals surface area contributed by atoms with Crippen molar-refractivity contribution in [3.05, 3.63) is 57.8 Å². The van der Waals surface area contributed by atoms with Crippen LogP contribution in [0.5, 0.6) is 0 Å². The van der Waals surface area contributed by atoms with Gasteiger partial charge in [-0.15, -0.1) is 0 Å². The fraction of sp³-hybridized carbons (Fsp3) is 0.0833. The molecule has 0 aliphatic carbocycles. The minimum Gasteiger partial charge on any atom is -0.365 e. The van der Waals surface area contributed by atoms with Crippen LogP contribution in [0.4, 0.5) is 5.82 Å². The van der Waals surface area contributed by atoms with Crippen molar-refractivity contribution in [1.29, 1.82) is 0 Å². The van der Waals surface area contributed by atoms with Crippen molar-refractivity contribution < 1.29 is 0 Å². The van der Waals surface area contributed by atoms with E-state index in [0.29, 0.717) is 0 Å². The highest BCUT2D eigenvalue weighted by atomic mass is 127. The molecule has 0 amide bonds. The molecule has 15 heavy (non-hydrogen) atoms. The summed E-state index contributed by atoms with van der Waals surface area (Å²) in [5.74, 6) is 0.946. The molecule has 1 aromatic carbocycles. The molecular formula is C12H11IN2. The zero-order chi connectivity index (χ0) is 10.5. The summed E-state index contributed by atoms with van der Waals surface area (Å²) in [5, 5.41) is 3.31. The molecule has 2 nitrogen and oxygen atoms in total. The summed E-state index contributed by atoms with van der Waals surface area (Å²) >= 11 is 2.28. The Balaban J connectivity index is 2.03. The lowest BCUT2D eigenvalue weighted by Crippen LogP contribution is -2.02. The molecule has 0 spiro atoms. The smallest absolute Gasteiger partial charge is 0.139 e. The molecule has 0 fully saturated rings. The number of hydrogen-bond donors (Lipinski definition) is 1. The van der Waals surface area contributed by atoms with Crippen LogP contribution in [0.3, 0.4) is 0 Å². The van der Waals surface area contributed by atoms with E-state index in [1.165, 1.54) is 5.56 Å². The van der Waals surface area contributed by atoms with Gasteiger partial charge in [0, 0.05) is 12.7 Å². The van der Waals surface area contributed by atoms with E-state index in [2.05, 4.69) is 45.0 Å². The number of nitrogens with zero attached hydrogens (tertiary/aromatic N) is 1. The van der Waals surface area contributed by atoms with Gasteiger partial charge in [0.05, 0.1) is 3.57 Å². The Morgan fingerprint density at radius 1 is 1.07 bits per heavy atom. The summed E-state index contributed by atoms with van der Waals surface area (Å²) in [5.41, 5.74) is 1.26. The van der Waals surface area contributed by atoms with Crippen molar-refractivity contribution in [2.75, 3.05) is 5.32 Å². The van der Waals surface area contributed by atoms with E-state index >= 15 is 0 Å². The largest absolute Gasteiger partial charge is 0.365 e. The monoisotopic (exact) mass is 310 g/mol. The standard InChI is InChI=1S/C12H11IN2/c13-11-7-4-8-14-12(11)15-9-10-5-2-1-3-6-10/h1-8H,9H2,(H,14,15). The normalized spacial score (nSPS) is 9.93. The van der Waals surface area contributed by atoms with Gasteiger partial charge in [-0.1, -0.05) is 30.3 Å². The first-order chi connectivity index (χ1) is 7.36. The van der Waals surface area contributed by atoms with Crippen molar-refractivity contribution in [2.45, 2.75) is 6.54 Å². The molecule has 2 aromatic rings. The second kappa shape index (κ2) is 5.11. The van der Waals surface area contributed by atoms with Gasteiger partial charge in [0.15, 0.2) is 0 Å². The Bertz CT molecular complexity index is 429. The van der Waals surface area contributed by atoms with E-state index in [1.54, 1.807) is 6.20 Å². The summed E-state index contributed by atoms with van der Waals surface area (Å²) in [6, 6.07) is 14.3. The van der Waals surface area contributed by atoms with Gasteiger partial charge in [0.2, 0.25) is 0 Å². The number of benzene rings is 1. The summed E-state index contributed by atoms with van der Waals surface area (Å²) in [4.78, 5) is 4.27. The van der Waals surface area contributed by atoms with Gasteiger partial charge < -0.3 is 5.32 Å². The molecule has 1 heterocycles. The summed E-state index contributed by atoms with van der Waals surface area (Å²) < 4.78 is 1.14. The van der Waals surface area contributed by atoms with Crippen molar-refractivity contribution in [1.82, 2.24) is 4.98 Å². The lowest BCUT2D eigenvalue weighted by atomic mass is 10.2. The van der Waals surface area contributed by atoms with Gasteiger partial charge in [0.25, 0.3) is 0 Å². The molecule has 0 unspecified atom stereocenters. The molecular weight excluding hydrogens is 299 g/mol. The molecule has 1 N–H and O–H groups in total. The van der Waals surface area contributed by atoms with Crippen LogP contribution in [-0.2, 0) is 6.54 Å². The van der Waals surface area contributed by atoms with Gasteiger partial charge >= 0.3 is 0 Å². The van der Waals surface area contributed by atoms with Gasteiger partial charge in [-0.3, -0.25) is 0 Å². The molecule has 76 valence electrons. The zero-order valence-electron chi connectivity index (χ0n) is 8.15. The Kier molecular flexibility index (Phi) is 3.55. The highest BCUT2D eigenvalue weighted by Crippen LogP contribution is 2.14. The average Bonchev–Trinajstić information content (AvgIpc) is 2.29. The van der Waals surface area contributed by atoms with Crippen LogP contribution in [0.25, 0.3) is 0 Å². The molecule has 0 atom stereocenters. The molecule has 0 saturated carbocycles. The van der Waals surface area contributed by atoms with Crippen molar-refractivity contribution in [3.8, 4) is 0 Å². The number of halogens is 1. The number of rotatable bonds is 3. The lowest BCUT2D eigenvalue weighted by Gasteiger charge is -2.06. The third-order valence-corrected chi connectivity index (χ3v) is 2.93. The van der Waals surface area contributed by atoms with E-state index in [4.69, 9.17) is 0 Å². The second-order valence-electron chi connectivity index (χ2n) is 3.17. The number of anilines is 1. The predicted octanol–water partition coefficient (Wildman–Crippen LogP) is 3.30. The van der Waals surface area contributed by atoms with Gasteiger partial charge in [-0.2, -0.15) is 0 Å². The molecule has 0 aliphatic rings. The number of aromatic nitrogens is 1. The van der Waals surface area contributed by atoms with Crippen LogP contribution >= 0.6 is 22.6 Å². The average molecular weight is 310 g/mol. The van der Waals surface area contributed by atoms with Crippen LogP contribution in [0.15, 0.2) is 48.7 Å². The van der Waals surface area contributed by atoms with Crippen molar-refractivity contribution >= 4 is 28.4 Å². The Hall–Kier alpha value is -1.10. The predicted molar refractivity (Wildman–Crippen MR) is 70.7 cm³/mol. The first-order valence-electron chi connectivity index (χ1n) is 4.74. The maximum atomic E-state index is 4.27. The number of hydrogen-bond acceptors (Lipinski definition) is 2. The van der Waals surface area contributed by atoms with Gasteiger partial charge in [-0.05, 0) is 40.3 Å². The van der Waals surface area contributed by atoms with Gasteiger partial charge in [-0.25, -0.2) is 4.98 Å². The lowest BCUT2D eigenvalue weighted by molar-refractivity contribution is 1.10. The molecule has 0 saturated heterocycles. The number of pyridine rings is 1. The van der Waals surface area contributed by atoms with Crippen LogP contribution in [0.1, 0.15) is 5.56 Å². The van der Waals surface area contributed by atoms with Crippen LogP contribution in [0, 0.1) is 3.57 Å². The highest BCUT2D eigenvalue weighted by molar-refractivity contribution is 14.1. The summed E-state index contributed by atoms with van der Waals surface area (Å²) in [6.07, 6.45) is 1.80. The first kappa shape index (κ1) is 10.4. The molecule has 0 bridgehead atoms. The number of nitrogens with one attached hydrogen (secondary N) is 1. The van der Waals surface area contributed by atoms with E-state index in [-0.39, 0.29) is 0 Å². The summed E-state index contributed by atoms with van der Waals surface area (Å²) in [7, 11) is 0. The highest BCUT2D eigenvalue weighted by Gasteiger charge is 1.98. The van der Waals surface area contributed by atoms with E-state index in [1.807, 2.05) is 30.3 Å².